The van der Waals surface area contributed by atoms with Crippen molar-refractivity contribution in [3.63, 3.8) is 0 Å². The first kappa shape index (κ1) is 18.6. The Labute approximate surface area is 121 Å². The molecule has 3 unspecified atom stereocenters. The highest BCUT2D eigenvalue weighted by Crippen LogP contribution is 2.14. The average molecular weight is 314 g/mol. The molecule has 0 bridgehead atoms. The standard InChI is InChI=1S/C11H23N3O3S.ClH/c1-8-5-6-12-7-10(8)13-18(16,17)9(2)11(15)14(3)4;/h8-10,12-13H,5-7H2,1-4H3;1H. The maximum atomic E-state index is 12.1. The van der Waals surface area contributed by atoms with Crippen molar-refractivity contribution in [1.82, 2.24) is 14.9 Å². The molecule has 1 heterocycles. The minimum absolute atomic E-state index is 0. The number of rotatable bonds is 4. The van der Waals surface area contributed by atoms with Crippen LogP contribution in [0.2, 0.25) is 0 Å². The van der Waals surface area contributed by atoms with Gasteiger partial charge in [-0.15, -0.1) is 12.4 Å². The second-order valence-electron chi connectivity index (χ2n) is 5.11. The summed E-state index contributed by atoms with van der Waals surface area (Å²) in [5, 5.41) is 2.10. The van der Waals surface area contributed by atoms with Crippen LogP contribution in [0.3, 0.4) is 0 Å². The number of carbonyl (C=O) groups excluding carboxylic acids is 1. The summed E-state index contributed by atoms with van der Waals surface area (Å²) in [7, 11) is -0.509. The summed E-state index contributed by atoms with van der Waals surface area (Å²) in [5.41, 5.74) is 0. The van der Waals surface area contributed by atoms with E-state index >= 15 is 0 Å². The van der Waals surface area contributed by atoms with Crippen molar-refractivity contribution in [3.05, 3.63) is 0 Å². The topological polar surface area (TPSA) is 78.5 Å². The lowest BCUT2D eigenvalue weighted by Gasteiger charge is -2.31. The van der Waals surface area contributed by atoms with E-state index < -0.39 is 21.2 Å². The smallest absolute Gasteiger partial charge is 0.241 e. The summed E-state index contributed by atoms with van der Waals surface area (Å²) in [5.74, 6) is -0.124. The molecule has 0 aromatic rings. The van der Waals surface area contributed by atoms with Gasteiger partial charge < -0.3 is 10.2 Å². The number of amides is 1. The van der Waals surface area contributed by atoms with Gasteiger partial charge in [-0.3, -0.25) is 4.79 Å². The SMILES string of the molecule is CC1CCNCC1NS(=O)(=O)C(C)C(=O)N(C)C.Cl. The van der Waals surface area contributed by atoms with Gasteiger partial charge in [0.2, 0.25) is 15.9 Å². The number of carbonyl (C=O) groups is 1. The zero-order valence-corrected chi connectivity index (χ0v) is 13.5. The van der Waals surface area contributed by atoms with Crippen molar-refractivity contribution < 1.29 is 13.2 Å². The van der Waals surface area contributed by atoms with E-state index in [9.17, 15) is 13.2 Å². The summed E-state index contributed by atoms with van der Waals surface area (Å²) in [6, 6.07) is -0.138. The number of sulfonamides is 1. The number of hydrogen-bond acceptors (Lipinski definition) is 4. The normalized spacial score (nSPS) is 25.3. The van der Waals surface area contributed by atoms with Gasteiger partial charge >= 0.3 is 0 Å². The molecule has 19 heavy (non-hydrogen) atoms. The molecule has 0 aromatic carbocycles. The van der Waals surface area contributed by atoms with Gasteiger partial charge in [0.05, 0.1) is 0 Å². The van der Waals surface area contributed by atoms with Crippen LogP contribution in [-0.4, -0.2) is 57.7 Å². The third kappa shape index (κ3) is 4.91. The molecular formula is C11H24ClN3O3S. The second kappa shape index (κ2) is 7.42. The van der Waals surface area contributed by atoms with Gasteiger partial charge in [-0.1, -0.05) is 6.92 Å². The Morgan fingerprint density at radius 2 is 2.00 bits per heavy atom. The van der Waals surface area contributed by atoms with Crippen LogP contribution in [-0.2, 0) is 14.8 Å². The van der Waals surface area contributed by atoms with Crippen LogP contribution < -0.4 is 10.0 Å². The van der Waals surface area contributed by atoms with Crippen molar-refractivity contribution in [2.75, 3.05) is 27.2 Å². The van der Waals surface area contributed by atoms with Gasteiger partial charge in [0, 0.05) is 26.7 Å². The first-order chi connectivity index (χ1) is 8.25. The minimum atomic E-state index is -3.62. The Bertz CT molecular complexity index is 400. The molecule has 1 amide bonds. The van der Waals surface area contributed by atoms with Crippen LogP contribution in [0.15, 0.2) is 0 Å². The van der Waals surface area contributed by atoms with Crippen LogP contribution in [0.5, 0.6) is 0 Å². The molecule has 0 radical (unpaired) electrons. The molecular weight excluding hydrogens is 290 g/mol. The number of piperidine rings is 1. The van der Waals surface area contributed by atoms with Gasteiger partial charge in [-0.25, -0.2) is 13.1 Å². The van der Waals surface area contributed by atoms with Gasteiger partial charge in [0.1, 0.15) is 0 Å². The van der Waals surface area contributed by atoms with Crippen LogP contribution in [0.4, 0.5) is 0 Å². The molecule has 1 aliphatic rings. The molecule has 0 aromatic heterocycles. The molecule has 1 rings (SSSR count). The average Bonchev–Trinajstić information content (AvgIpc) is 2.29. The molecule has 2 N–H and O–H groups in total. The molecule has 0 aliphatic carbocycles. The predicted octanol–water partition coefficient (Wildman–Crippen LogP) is -0.198. The Morgan fingerprint density at radius 1 is 1.42 bits per heavy atom. The van der Waals surface area contributed by atoms with E-state index in [1.807, 2.05) is 6.92 Å². The van der Waals surface area contributed by atoms with Crippen molar-refractivity contribution in [3.8, 4) is 0 Å². The van der Waals surface area contributed by atoms with Crippen LogP contribution in [0.1, 0.15) is 20.3 Å². The van der Waals surface area contributed by atoms with Crippen LogP contribution in [0.25, 0.3) is 0 Å². The zero-order valence-electron chi connectivity index (χ0n) is 11.8. The van der Waals surface area contributed by atoms with Gasteiger partial charge in [0.15, 0.2) is 5.25 Å². The summed E-state index contributed by atoms with van der Waals surface area (Å²) in [6.45, 7) is 4.97. The molecule has 1 aliphatic heterocycles. The number of nitrogens with zero attached hydrogens (tertiary/aromatic N) is 1. The number of hydrogen-bond donors (Lipinski definition) is 2. The highest BCUT2D eigenvalue weighted by Gasteiger charge is 2.33. The quantitative estimate of drug-likeness (QED) is 0.753. The van der Waals surface area contributed by atoms with Crippen molar-refractivity contribution >= 4 is 28.3 Å². The first-order valence-corrected chi connectivity index (χ1v) is 7.73. The van der Waals surface area contributed by atoms with E-state index in [0.29, 0.717) is 6.54 Å². The highest BCUT2D eigenvalue weighted by molar-refractivity contribution is 7.90. The van der Waals surface area contributed by atoms with E-state index in [0.717, 1.165) is 13.0 Å². The number of nitrogens with one attached hydrogen (secondary N) is 2. The largest absolute Gasteiger partial charge is 0.348 e. The lowest BCUT2D eigenvalue weighted by Crippen LogP contribution is -2.53. The lowest BCUT2D eigenvalue weighted by molar-refractivity contribution is -0.127. The molecule has 1 fully saturated rings. The van der Waals surface area contributed by atoms with Crippen molar-refractivity contribution in [2.24, 2.45) is 5.92 Å². The molecule has 0 saturated carbocycles. The molecule has 1 saturated heterocycles. The Balaban J connectivity index is 0.00000324. The molecule has 114 valence electrons. The van der Waals surface area contributed by atoms with Crippen molar-refractivity contribution in [1.29, 1.82) is 0 Å². The molecule has 0 spiro atoms. The molecule has 3 atom stereocenters. The van der Waals surface area contributed by atoms with Gasteiger partial charge in [-0.2, -0.15) is 0 Å². The Morgan fingerprint density at radius 3 is 2.47 bits per heavy atom. The summed E-state index contributed by atoms with van der Waals surface area (Å²) in [4.78, 5) is 13.0. The summed E-state index contributed by atoms with van der Waals surface area (Å²) in [6.07, 6.45) is 0.934. The maximum absolute atomic E-state index is 12.1. The number of halogens is 1. The van der Waals surface area contributed by atoms with Crippen LogP contribution >= 0.6 is 12.4 Å². The summed E-state index contributed by atoms with van der Waals surface area (Å²) >= 11 is 0. The minimum Gasteiger partial charge on any atom is -0.348 e. The molecule has 8 heteroatoms. The van der Waals surface area contributed by atoms with Crippen LogP contribution in [0, 0.1) is 5.92 Å². The second-order valence-corrected chi connectivity index (χ2v) is 7.15. The first-order valence-electron chi connectivity index (χ1n) is 6.18. The van der Waals surface area contributed by atoms with E-state index in [4.69, 9.17) is 0 Å². The van der Waals surface area contributed by atoms with E-state index in [2.05, 4.69) is 10.0 Å². The maximum Gasteiger partial charge on any atom is 0.241 e. The zero-order chi connectivity index (χ0) is 13.9. The van der Waals surface area contributed by atoms with Gasteiger partial charge in [0.25, 0.3) is 0 Å². The predicted molar refractivity (Wildman–Crippen MR) is 77.9 cm³/mol. The Kier molecular flexibility index (Phi) is 7.28. The third-order valence-corrected chi connectivity index (χ3v) is 5.16. The monoisotopic (exact) mass is 313 g/mol. The lowest BCUT2D eigenvalue weighted by atomic mass is 9.96. The highest BCUT2D eigenvalue weighted by atomic mass is 35.5. The van der Waals surface area contributed by atoms with E-state index in [1.54, 1.807) is 14.1 Å². The fourth-order valence-corrected chi connectivity index (χ4v) is 3.37. The molecule has 6 nitrogen and oxygen atoms in total. The fourth-order valence-electron chi connectivity index (χ4n) is 1.96. The van der Waals surface area contributed by atoms with E-state index in [-0.39, 0.29) is 24.4 Å². The van der Waals surface area contributed by atoms with Gasteiger partial charge in [-0.05, 0) is 25.8 Å². The third-order valence-electron chi connectivity index (χ3n) is 3.40. The fraction of sp³-hybridized carbons (Fsp3) is 0.909. The van der Waals surface area contributed by atoms with Crippen molar-refractivity contribution in [2.45, 2.75) is 31.6 Å². The summed E-state index contributed by atoms with van der Waals surface area (Å²) < 4.78 is 26.9. The Hall–Kier alpha value is -0.370. The van der Waals surface area contributed by atoms with E-state index in [1.165, 1.54) is 11.8 Å².